The Morgan fingerprint density at radius 1 is 0.621 bits per heavy atom. The number of hydrogen-bond donors (Lipinski definition) is 5. The summed E-state index contributed by atoms with van der Waals surface area (Å²) >= 11 is 14.4. The number of cyclic esters (lactones) is 1. The van der Waals surface area contributed by atoms with Crippen LogP contribution in [0.3, 0.4) is 0 Å². The molecule has 1 saturated heterocycles. The fourth-order valence-electron chi connectivity index (χ4n) is 7.80. The number of aliphatic hydroxyl groups excluding tert-OH is 2. The van der Waals surface area contributed by atoms with Crippen LogP contribution in [0, 0.1) is 0 Å². The Morgan fingerprint density at radius 2 is 0.966 bits per heavy atom. The van der Waals surface area contributed by atoms with Gasteiger partial charge >= 0.3 is 23.9 Å². The fraction of sp³-hybridized carbons (Fsp3) is 0.463. The minimum Gasteiger partial charge on any atom is -0.509 e. The maximum Gasteiger partial charge on any atom is 0.339 e. The summed E-state index contributed by atoms with van der Waals surface area (Å²) in [6, 6.07) is 28.1. The SMILES string of the molecule is C=C1CC(=O)O1.CC(=O)C1=C(O)C(c2ccc(C(C)(C)C)cc2)NC1=O.CCOC(=O)C(N)c1ccc(C(C)(C)C)cc1.CCOC(=O)C(NC(=O)CC(C)=O)c1ccc(C(C)(C)C)cc1.CCOC(=O)C(O)c1ccc(C(C)(C)C)cc1.ClC(Cl)Cl. The van der Waals surface area contributed by atoms with Gasteiger partial charge in [0.2, 0.25) is 5.91 Å². The summed E-state index contributed by atoms with van der Waals surface area (Å²) in [7, 11) is 0. The maximum atomic E-state index is 12.1. The third kappa shape index (κ3) is 27.8. The molecule has 2 amide bonds. The first-order chi connectivity index (χ1) is 40.1. The van der Waals surface area contributed by atoms with E-state index < -0.39 is 58.1 Å². The highest BCUT2D eigenvalue weighted by Gasteiger charge is 2.35. The van der Waals surface area contributed by atoms with Gasteiger partial charge in [-0.1, -0.05) is 222 Å². The van der Waals surface area contributed by atoms with Crippen molar-refractivity contribution in [2.24, 2.45) is 5.73 Å². The summed E-state index contributed by atoms with van der Waals surface area (Å²) in [4.78, 5) is 90.7. The number of aliphatic hydroxyl groups is 2. The van der Waals surface area contributed by atoms with Crippen LogP contribution in [-0.2, 0) is 79.0 Å². The van der Waals surface area contributed by atoms with Gasteiger partial charge < -0.3 is 45.5 Å². The molecule has 20 heteroatoms. The monoisotopic (exact) mass is 1270 g/mol. The number of carbonyl (C=O) groups excluding carboxylic acids is 8. The molecule has 0 bridgehead atoms. The molecule has 0 radical (unpaired) electrons. The molecule has 0 aliphatic carbocycles. The van der Waals surface area contributed by atoms with E-state index in [1.165, 1.54) is 25.0 Å². The average molecular weight is 1270 g/mol. The normalized spacial score (nSPS) is 14.6. The van der Waals surface area contributed by atoms with E-state index >= 15 is 0 Å². The van der Waals surface area contributed by atoms with E-state index in [1.807, 2.05) is 72.8 Å². The van der Waals surface area contributed by atoms with E-state index in [1.54, 1.807) is 45.0 Å². The van der Waals surface area contributed by atoms with Crippen LogP contribution in [0.2, 0.25) is 0 Å². The lowest BCUT2D eigenvalue weighted by atomic mass is 9.86. The van der Waals surface area contributed by atoms with E-state index in [0.717, 1.165) is 22.3 Å². The minimum absolute atomic E-state index is 0.00414. The number of hydrogen-bond acceptors (Lipinski definition) is 15. The molecule has 6 rings (SSSR count). The lowest BCUT2D eigenvalue weighted by molar-refractivity contribution is -0.153. The minimum atomic E-state index is -1.19. The number of alkyl halides is 3. The Hall–Kier alpha value is -6.89. The molecular weight excluding hydrogens is 1180 g/mol. The van der Waals surface area contributed by atoms with Gasteiger partial charge in [0, 0.05) is 0 Å². The molecule has 0 aromatic heterocycles. The third-order valence-corrected chi connectivity index (χ3v) is 12.7. The number of rotatable bonds is 14. The molecule has 4 unspecified atom stereocenters. The van der Waals surface area contributed by atoms with Crippen LogP contribution in [0.25, 0.3) is 0 Å². The molecule has 17 nitrogen and oxygen atoms in total. The van der Waals surface area contributed by atoms with Crippen LogP contribution in [-0.4, -0.2) is 81.6 Å². The highest BCUT2D eigenvalue weighted by molar-refractivity contribution is 6.63. The molecule has 4 aromatic rings. The highest BCUT2D eigenvalue weighted by atomic mass is 35.6. The Bertz CT molecular complexity index is 2870. The van der Waals surface area contributed by atoms with Gasteiger partial charge in [-0.25, -0.2) is 14.4 Å². The Balaban J connectivity index is 0.000000552. The number of carbonyl (C=O) groups is 8. The van der Waals surface area contributed by atoms with Crippen LogP contribution in [0.1, 0.15) is 199 Å². The number of amides is 2. The van der Waals surface area contributed by atoms with E-state index in [2.05, 4.69) is 105 Å². The van der Waals surface area contributed by atoms with Crippen molar-refractivity contribution in [3.05, 3.63) is 165 Å². The van der Waals surface area contributed by atoms with E-state index in [9.17, 15) is 48.6 Å². The quantitative estimate of drug-likeness (QED) is 0.0258. The fourth-order valence-corrected chi connectivity index (χ4v) is 7.80. The smallest absolute Gasteiger partial charge is 0.339 e. The van der Waals surface area contributed by atoms with Crippen molar-refractivity contribution < 1.29 is 67.5 Å². The molecule has 2 aliphatic heterocycles. The first-order valence-electron chi connectivity index (χ1n) is 28.3. The van der Waals surface area contributed by atoms with Crippen molar-refractivity contribution in [2.45, 2.75) is 181 Å². The van der Waals surface area contributed by atoms with Crippen molar-refractivity contribution in [2.75, 3.05) is 19.8 Å². The zero-order valence-corrected chi connectivity index (χ0v) is 55.6. The van der Waals surface area contributed by atoms with Crippen LogP contribution in [0.4, 0.5) is 0 Å². The highest BCUT2D eigenvalue weighted by Crippen LogP contribution is 2.32. The number of benzene rings is 4. The molecule has 1 fully saturated rings. The lowest BCUT2D eigenvalue weighted by Crippen LogP contribution is -2.35. The van der Waals surface area contributed by atoms with Crippen LogP contribution >= 0.6 is 34.8 Å². The van der Waals surface area contributed by atoms with Gasteiger partial charge in [0.1, 0.15) is 41.4 Å². The number of nitrogens with two attached hydrogens (primary N) is 1. The summed E-state index contributed by atoms with van der Waals surface area (Å²) < 4.78 is 18.2. The predicted molar refractivity (Wildman–Crippen MR) is 341 cm³/mol. The Morgan fingerprint density at radius 3 is 1.28 bits per heavy atom. The largest absolute Gasteiger partial charge is 0.509 e. The third-order valence-electron chi connectivity index (χ3n) is 12.7. The van der Waals surface area contributed by atoms with Gasteiger partial charge in [-0.15, -0.1) is 0 Å². The van der Waals surface area contributed by atoms with Crippen LogP contribution in [0.5, 0.6) is 0 Å². The van der Waals surface area contributed by atoms with Gasteiger partial charge in [0.25, 0.3) is 5.91 Å². The second kappa shape index (κ2) is 35.8. The number of nitrogens with one attached hydrogen (secondary N) is 2. The second-order valence-electron chi connectivity index (χ2n) is 24.2. The van der Waals surface area contributed by atoms with Gasteiger partial charge in [0.05, 0.1) is 26.2 Å². The van der Waals surface area contributed by atoms with E-state index in [0.29, 0.717) is 29.9 Å². The molecular formula is C67H90Cl3N3O14. The summed E-state index contributed by atoms with van der Waals surface area (Å²) in [5.41, 5.74) is 13.3. The second-order valence-corrected chi connectivity index (χ2v) is 26.1. The number of halogens is 3. The molecule has 2 heterocycles. The molecule has 4 aromatic carbocycles. The van der Waals surface area contributed by atoms with Gasteiger partial charge in [-0.05, 0) is 101 Å². The Kier molecular flexibility index (Phi) is 32.1. The Labute approximate surface area is 529 Å². The van der Waals surface area contributed by atoms with E-state index in [4.69, 9.17) is 54.7 Å². The first kappa shape index (κ1) is 78.1. The van der Waals surface area contributed by atoms with Gasteiger partial charge in [-0.2, -0.15) is 0 Å². The maximum absolute atomic E-state index is 12.1. The lowest BCUT2D eigenvalue weighted by Gasteiger charge is -2.21. The first-order valence-corrected chi connectivity index (χ1v) is 29.6. The van der Waals surface area contributed by atoms with Crippen molar-refractivity contribution in [3.63, 3.8) is 0 Å². The summed E-state index contributed by atoms with van der Waals surface area (Å²) in [5, 5.41) is 25.0. The molecule has 6 N–H and O–H groups in total. The van der Waals surface area contributed by atoms with Crippen molar-refractivity contribution in [3.8, 4) is 0 Å². The standard InChI is InChI=1S/C18H25NO4.C16H19NO3.C14H21NO2.C14H20O3.C4H4O2.CHCl3/c1-6-23-17(22)16(19-15(21)11-12(2)20)13-7-9-14(10-8-13)18(3,4)5;1-9(18)12-14(19)13(17-15(12)20)10-5-7-11(8-6-10)16(2,3)4;2*1-5-17-13(16)12(15)10-6-8-11(9-7-10)14(2,3)4;1-3-2-4(5)6-3;2-1(3)4/h7-10,16H,6,11H2,1-5H3,(H,19,21);5-8,13,19H,1-4H3,(H,17,20);6-9,12H,5,15H2,1-4H3;6-9,12,15H,5H2,1-4H3;1-2H2;1H. The average Bonchev–Trinajstić information content (AvgIpc) is 3.80. The molecule has 87 heavy (non-hydrogen) atoms. The van der Waals surface area contributed by atoms with Gasteiger partial charge in [0.15, 0.2) is 22.2 Å². The van der Waals surface area contributed by atoms with Crippen molar-refractivity contribution in [1.82, 2.24) is 10.6 Å². The molecule has 478 valence electrons. The summed E-state index contributed by atoms with van der Waals surface area (Å²) in [6.45, 7) is 37.4. The number of Topliss-reactive ketones (excluding diaryl/α,β-unsaturated/α-hetero) is 2. The topological polar surface area (TPSA) is 264 Å². The van der Waals surface area contributed by atoms with Crippen LogP contribution in [0.15, 0.2) is 121 Å². The zero-order chi connectivity index (χ0) is 66.9. The zero-order valence-electron chi connectivity index (χ0n) is 53.4. The molecule has 4 atom stereocenters. The van der Waals surface area contributed by atoms with E-state index in [-0.39, 0.29) is 70.3 Å². The van der Waals surface area contributed by atoms with Gasteiger partial charge in [-0.3, -0.25) is 24.0 Å². The summed E-state index contributed by atoms with van der Waals surface area (Å²) in [5.74, 6) is -2.97. The van der Waals surface area contributed by atoms with Crippen LogP contribution < -0.4 is 16.4 Å². The summed E-state index contributed by atoms with van der Waals surface area (Å²) in [6.07, 6.45) is -1.03. The van der Waals surface area contributed by atoms with Crippen molar-refractivity contribution >= 4 is 82.1 Å². The number of ketones is 2. The number of ether oxygens (including phenoxy) is 4. The number of esters is 4. The molecule has 0 spiro atoms. The molecule has 2 aliphatic rings. The van der Waals surface area contributed by atoms with Crippen molar-refractivity contribution in [1.29, 1.82) is 0 Å². The molecule has 0 saturated carbocycles. The predicted octanol–water partition coefficient (Wildman–Crippen LogP) is 12.8.